The van der Waals surface area contributed by atoms with E-state index in [4.69, 9.17) is 0 Å². The Morgan fingerprint density at radius 3 is 2.69 bits per heavy atom. The molecule has 2 aromatic heterocycles. The van der Waals surface area contributed by atoms with E-state index in [1.165, 1.54) is 5.69 Å². The zero-order valence-corrected chi connectivity index (χ0v) is 15.6. The summed E-state index contributed by atoms with van der Waals surface area (Å²) in [5.74, 6) is 1.09. The maximum absolute atomic E-state index is 10.4. The molecule has 7 nitrogen and oxygen atoms in total. The fraction of sp³-hybridized carbons (Fsp3) is 0.632. The Kier molecular flexibility index (Phi) is 4.91. The average molecular weight is 356 g/mol. The Morgan fingerprint density at radius 2 is 2.00 bits per heavy atom. The summed E-state index contributed by atoms with van der Waals surface area (Å²) in [6, 6.07) is 2.42. The fourth-order valence-electron chi connectivity index (χ4n) is 3.51. The number of nitrogens with one attached hydrogen (secondary N) is 1. The van der Waals surface area contributed by atoms with Crippen LogP contribution in [0.15, 0.2) is 18.5 Å². The molecule has 2 N–H and O–H groups in total. The predicted octanol–water partition coefficient (Wildman–Crippen LogP) is 2.34. The molecule has 140 valence electrons. The van der Waals surface area contributed by atoms with E-state index in [0.29, 0.717) is 17.9 Å². The third kappa shape index (κ3) is 4.04. The number of fused-ring (bicyclic) bond motifs is 1. The molecule has 1 aliphatic carbocycles. The van der Waals surface area contributed by atoms with Crippen LogP contribution < -0.4 is 5.32 Å². The van der Waals surface area contributed by atoms with Crippen LogP contribution >= 0.6 is 0 Å². The zero-order chi connectivity index (χ0) is 18.1. The first kappa shape index (κ1) is 17.4. The minimum atomic E-state index is -0.391. The van der Waals surface area contributed by atoms with Crippen molar-refractivity contribution in [3.8, 4) is 0 Å². The molecule has 2 aliphatic rings. The van der Waals surface area contributed by atoms with E-state index in [-0.39, 0.29) is 0 Å². The lowest BCUT2D eigenvalue weighted by Crippen LogP contribution is -2.23. The molecule has 2 aromatic rings. The van der Waals surface area contributed by atoms with Crippen molar-refractivity contribution < 1.29 is 5.11 Å². The van der Waals surface area contributed by atoms with Crippen molar-refractivity contribution in [3.63, 3.8) is 0 Å². The highest BCUT2D eigenvalue weighted by molar-refractivity contribution is 5.25. The molecule has 0 bridgehead atoms. The van der Waals surface area contributed by atoms with Crippen LogP contribution in [0.5, 0.6) is 0 Å². The number of hydrogen-bond donors (Lipinski definition) is 2. The van der Waals surface area contributed by atoms with E-state index in [0.717, 1.165) is 56.7 Å². The molecule has 1 saturated carbocycles. The van der Waals surface area contributed by atoms with Gasteiger partial charge in [-0.1, -0.05) is 0 Å². The van der Waals surface area contributed by atoms with Crippen molar-refractivity contribution in [3.05, 3.63) is 35.4 Å². The van der Waals surface area contributed by atoms with Gasteiger partial charge in [-0.15, -0.1) is 0 Å². The Bertz CT molecular complexity index is 737. The van der Waals surface area contributed by atoms with Gasteiger partial charge < -0.3 is 10.4 Å². The lowest BCUT2D eigenvalue weighted by Gasteiger charge is -2.19. The molecule has 26 heavy (non-hydrogen) atoms. The van der Waals surface area contributed by atoms with Gasteiger partial charge in [-0.2, -0.15) is 5.10 Å². The van der Waals surface area contributed by atoms with Crippen molar-refractivity contribution in [2.75, 3.05) is 11.9 Å². The number of aryl methyl sites for hydroxylation is 1. The minimum Gasteiger partial charge on any atom is -0.386 e. The predicted molar refractivity (Wildman–Crippen MR) is 99.4 cm³/mol. The van der Waals surface area contributed by atoms with Crippen LogP contribution in [0.3, 0.4) is 0 Å². The van der Waals surface area contributed by atoms with Gasteiger partial charge in [-0.05, 0) is 45.1 Å². The van der Waals surface area contributed by atoms with Crippen LogP contribution in [0.1, 0.15) is 56.2 Å². The summed E-state index contributed by atoms with van der Waals surface area (Å²) in [6.07, 6.45) is 6.72. The molecule has 0 unspecified atom stereocenters. The smallest absolute Gasteiger partial charge is 0.222 e. The normalized spacial score (nSPS) is 19.2. The number of aliphatic hydroxyl groups is 1. The Hall–Kier alpha value is -1.99. The summed E-state index contributed by atoms with van der Waals surface area (Å²) in [7, 11) is 0. The first-order valence-electron chi connectivity index (χ1n) is 9.63. The van der Waals surface area contributed by atoms with E-state index in [2.05, 4.69) is 49.9 Å². The monoisotopic (exact) mass is 356 g/mol. The van der Waals surface area contributed by atoms with Crippen LogP contribution in [0.4, 0.5) is 5.95 Å². The zero-order valence-electron chi connectivity index (χ0n) is 15.6. The van der Waals surface area contributed by atoms with E-state index in [1.807, 2.05) is 12.4 Å². The van der Waals surface area contributed by atoms with Crippen LogP contribution in [0.25, 0.3) is 0 Å². The lowest BCUT2D eigenvalue weighted by atomic mass is 10.1. The van der Waals surface area contributed by atoms with E-state index in [9.17, 15) is 5.11 Å². The summed E-state index contributed by atoms with van der Waals surface area (Å²) in [5, 5.41) is 18.2. The van der Waals surface area contributed by atoms with Gasteiger partial charge in [0.15, 0.2) is 0 Å². The van der Waals surface area contributed by atoms with E-state index >= 15 is 0 Å². The molecule has 7 heteroatoms. The number of nitrogens with zero attached hydrogens (tertiary/aromatic N) is 5. The molecule has 0 radical (unpaired) electrons. The number of rotatable bonds is 6. The van der Waals surface area contributed by atoms with Crippen LogP contribution in [0, 0.1) is 5.92 Å². The van der Waals surface area contributed by atoms with E-state index < -0.39 is 6.10 Å². The number of aliphatic hydroxyl groups excluding tert-OH is 1. The van der Waals surface area contributed by atoms with Gasteiger partial charge in [-0.25, -0.2) is 9.97 Å². The molecule has 1 fully saturated rings. The molecule has 4 rings (SSSR count). The number of anilines is 1. The summed E-state index contributed by atoms with van der Waals surface area (Å²) in [6.45, 7) is 7.76. The Labute approximate surface area is 154 Å². The third-order valence-electron chi connectivity index (χ3n) is 5.01. The molecule has 3 heterocycles. The van der Waals surface area contributed by atoms with Gasteiger partial charge in [0.2, 0.25) is 5.95 Å². The van der Waals surface area contributed by atoms with Gasteiger partial charge >= 0.3 is 0 Å². The first-order chi connectivity index (χ1) is 12.6. The highest BCUT2D eigenvalue weighted by atomic mass is 16.3. The molecule has 0 saturated heterocycles. The summed E-state index contributed by atoms with van der Waals surface area (Å²) >= 11 is 0. The average Bonchev–Trinajstić information content (AvgIpc) is 3.40. The highest BCUT2D eigenvalue weighted by Gasteiger charge is 2.33. The van der Waals surface area contributed by atoms with Crippen molar-refractivity contribution >= 4 is 5.95 Å². The number of hydrogen-bond acceptors (Lipinski definition) is 6. The summed E-state index contributed by atoms with van der Waals surface area (Å²) in [5.41, 5.74) is 3.15. The van der Waals surface area contributed by atoms with Gasteiger partial charge in [0.25, 0.3) is 0 Å². The lowest BCUT2D eigenvalue weighted by molar-refractivity contribution is 0.148. The summed E-state index contributed by atoms with van der Waals surface area (Å²) in [4.78, 5) is 11.2. The second-order valence-corrected chi connectivity index (χ2v) is 7.84. The molecule has 0 spiro atoms. The van der Waals surface area contributed by atoms with Crippen molar-refractivity contribution in [1.82, 2.24) is 24.6 Å². The number of aromatic nitrogens is 4. The largest absolute Gasteiger partial charge is 0.386 e. The third-order valence-corrected chi connectivity index (χ3v) is 5.01. The quantitative estimate of drug-likeness (QED) is 0.827. The summed E-state index contributed by atoms with van der Waals surface area (Å²) < 4.78 is 2.08. The van der Waals surface area contributed by atoms with Crippen LogP contribution in [0.2, 0.25) is 0 Å². The topological polar surface area (TPSA) is 79.1 Å². The molecule has 0 aromatic carbocycles. The molecular weight excluding hydrogens is 328 g/mol. The van der Waals surface area contributed by atoms with Crippen molar-refractivity contribution in [2.24, 2.45) is 5.92 Å². The van der Waals surface area contributed by atoms with Crippen molar-refractivity contribution in [2.45, 2.75) is 64.9 Å². The van der Waals surface area contributed by atoms with Crippen molar-refractivity contribution in [1.29, 1.82) is 0 Å². The molecule has 1 aliphatic heterocycles. The SMILES string of the molecule is CC(C)Nc1ncc(CN2CCCn3nc([C@@H](O)C4CC4)cc3C2)cn1. The minimum absolute atomic E-state index is 0.326. The van der Waals surface area contributed by atoms with Crippen LogP contribution in [-0.4, -0.2) is 42.3 Å². The molecule has 1 atom stereocenters. The van der Waals surface area contributed by atoms with Crippen LogP contribution in [-0.2, 0) is 19.6 Å². The Balaban J connectivity index is 1.42. The standard InChI is InChI=1S/C19H28N6O/c1-13(2)22-19-20-9-14(10-21-19)11-24-6-3-7-25-16(12-24)8-17(23-25)18(26)15-4-5-15/h8-10,13,15,18,26H,3-7,11-12H2,1-2H3,(H,20,21,22)/t18-/m0/s1. The second-order valence-electron chi connectivity index (χ2n) is 7.84. The fourth-order valence-corrected chi connectivity index (χ4v) is 3.51. The maximum atomic E-state index is 10.4. The van der Waals surface area contributed by atoms with Gasteiger partial charge in [0.05, 0.1) is 11.4 Å². The van der Waals surface area contributed by atoms with Gasteiger partial charge in [0.1, 0.15) is 6.10 Å². The van der Waals surface area contributed by atoms with Gasteiger partial charge in [0, 0.05) is 50.2 Å². The first-order valence-corrected chi connectivity index (χ1v) is 9.63. The molecule has 0 amide bonds. The highest BCUT2D eigenvalue weighted by Crippen LogP contribution is 2.40. The second kappa shape index (κ2) is 7.32. The Morgan fingerprint density at radius 1 is 1.23 bits per heavy atom. The van der Waals surface area contributed by atoms with Gasteiger partial charge in [-0.3, -0.25) is 9.58 Å². The maximum Gasteiger partial charge on any atom is 0.222 e. The van der Waals surface area contributed by atoms with E-state index in [1.54, 1.807) is 0 Å². The molecular formula is C19H28N6O.